The zero-order chi connectivity index (χ0) is 11.4. The van der Waals surface area contributed by atoms with E-state index in [1.54, 1.807) is 23.9 Å². The van der Waals surface area contributed by atoms with Crippen LogP contribution in [0.25, 0.3) is 0 Å². The molecule has 16 heavy (non-hydrogen) atoms. The Labute approximate surface area is 98.4 Å². The summed E-state index contributed by atoms with van der Waals surface area (Å²) in [5, 5.41) is 11.1. The second-order valence-electron chi connectivity index (χ2n) is 3.63. The van der Waals surface area contributed by atoms with Crippen molar-refractivity contribution in [3.63, 3.8) is 0 Å². The molecule has 1 atom stereocenters. The lowest BCUT2D eigenvalue weighted by Crippen LogP contribution is -2.19. The minimum absolute atomic E-state index is 0.0509. The average molecular weight is 237 g/mol. The Morgan fingerprint density at radius 3 is 3.12 bits per heavy atom. The van der Waals surface area contributed by atoms with E-state index in [9.17, 15) is 0 Å². The summed E-state index contributed by atoms with van der Waals surface area (Å²) < 4.78 is 2.00. The van der Waals surface area contributed by atoms with Crippen molar-refractivity contribution < 1.29 is 5.11 Å². The third kappa shape index (κ3) is 2.49. The van der Waals surface area contributed by atoms with E-state index in [1.165, 1.54) is 4.88 Å². The van der Waals surface area contributed by atoms with Gasteiger partial charge in [-0.2, -0.15) is 0 Å². The molecular formula is C11H15N3OS. The highest BCUT2D eigenvalue weighted by molar-refractivity contribution is 7.09. The van der Waals surface area contributed by atoms with Gasteiger partial charge in [-0.3, -0.25) is 0 Å². The second-order valence-corrected chi connectivity index (χ2v) is 4.66. The van der Waals surface area contributed by atoms with Crippen molar-refractivity contribution in [2.75, 3.05) is 6.61 Å². The molecule has 0 saturated carbocycles. The van der Waals surface area contributed by atoms with Gasteiger partial charge < -0.3 is 15.4 Å². The number of nitrogens with two attached hydrogens (primary N) is 1. The topological polar surface area (TPSA) is 64.1 Å². The molecule has 0 spiro atoms. The van der Waals surface area contributed by atoms with E-state index in [2.05, 4.69) is 16.4 Å². The SMILES string of the molecule is NC(CO)c1cncn1CCc1cccs1. The van der Waals surface area contributed by atoms with Gasteiger partial charge >= 0.3 is 0 Å². The number of aliphatic hydroxyl groups excluding tert-OH is 1. The highest BCUT2D eigenvalue weighted by atomic mass is 32.1. The molecule has 2 heterocycles. The fourth-order valence-corrected chi connectivity index (χ4v) is 2.30. The number of hydrogen-bond donors (Lipinski definition) is 2. The van der Waals surface area contributed by atoms with Gasteiger partial charge in [0.1, 0.15) is 0 Å². The van der Waals surface area contributed by atoms with E-state index in [-0.39, 0.29) is 12.6 Å². The third-order valence-electron chi connectivity index (χ3n) is 2.50. The van der Waals surface area contributed by atoms with Gasteiger partial charge in [-0.05, 0) is 17.9 Å². The molecule has 2 aromatic rings. The van der Waals surface area contributed by atoms with Crippen LogP contribution in [0.4, 0.5) is 0 Å². The first-order valence-corrected chi connectivity index (χ1v) is 6.08. The Bertz CT molecular complexity index is 424. The number of rotatable bonds is 5. The van der Waals surface area contributed by atoms with Crippen LogP contribution >= 0.6 is 11.3 Å². The van der Waals surface area contributed by atoms with Crippen LogP contribution in [0, 0.1) is 0 Å². The number of nitrogens with zero attached hydrogens (tertiary/aromatic N) is 2. The van der Waals surface area contributed by atoms with E-state index in [0.29, 0.717) is 0 Å². The number of aromatic nitrogens is 2. The maximum atomic E-state index is 9.02. The Morgan fingerprint density at radius 2 is 2.44 bits per heavy atom. The molecule has 4 nitrogen and oxygen atoms in total. The smallest absolute Gasteiger partial charge is 0.0948 e. The van der Waals surface area contributed by atoms with Gasteiger partial charge in [0.15, 0.2) is 0 Å². The first kappa shape index (κ1) is 11.3. The molecule has 3 N–H and O–H groups in total. The van der Waals surface area contributed by atoms with Gasteiger partial charge in [0.25, 0.3) is 0 Å². The monoisotopic (exact) mass is 237 g/mol. The van der Waals surface area contributed by atoms with Crippen LogP contribution in [0.15, 0.2) is 30.0 Å². The van der Waals surface area contributed by atoms with Gasteiger partial charge in [-0.15, -0.1) is 11.3 Å². The van der Waals surface area contributed by atoms with Gasteiger partial charge in [-0.1, -0.05) is 6.07 Å². The van der Waals surface area contributed by atoms with Gasteiger partial charge in [0, 0.05) is 17.6 Å². The zero-order valence-electron chi connectivity index (χ0n) is 8.91. The number of thiophene rings is 1. The predicted octanol–water partition coefficient (Wildman–Crippen LogP) is 1.18. The summed E-state index contributed by atoms with van der Waals surface area (Å²) >= 11 is 1.75. The third-order valence-corrected chi connectivity index (χ3v) is 3.44. The lowest BCUT2D eigenvalue weighted by molar-refractivity contribution is 0.263. The van der Waals surface area contributed by atoms with Crippen molar-refractivity contribution in [2.24, 2.45) is 5.73 Å². The van der Waals surface area contributed by atoms with Crippen molar-refractivity contribution >= 4 is 11.3 Å². The first-order chi connectivity index (χ1) is 7.81. The van der Waals surface area contributed by atoms with E-state index in [4.69, 9.17) is 10.8 Å². The minimum Gasteiger partial charge on any atom is -0.394 e. The minimum atomic E-state index is -0.342. The molecule has 2 aromatic heterocycles. The Balaban J connectivity index is 2.01. The molecule has 0 fully saturated rings. The van der Waals surface area contributed by atoms with E-state index >= 15 is 0 Å². The first-order valence-electron chi connectivity index (χ1n) is 5.20. The van der Waals surface area contributed by atoms with E-state index in [0.717, 1.165) is 18.7 Å². The summed E-state index contributed by atoms with van der Waals surface area (Å²) in [4.78, 5) is 5.41. The van der Waals surface area contributed by atoms with E-state index in [1.807, 2.05) is 10.6 Å². The number of imidazole rings is 1. The van der Waals surface area contributed by atoms with Crippen LogP contribution in [-0.2, 0) is 13.0 Å². The predicted molar refractivity (Wildman–Crippen MR) is 64.3 cm³/mol. The average Bonchev–Trinajstić information content (AvgIpc) is 2.96. The lowest BCUT2D eigenvalue weighted by atomic mass is 10.2. The summed E-state index contributed by atoms with van der Waals surface area (Å²) in [6, 6.07) is 3.83. The molecule has 0 aliphatic rings. The summed E-state index contributed by atoms with van der Waals surface area (Å²) in [7, 11) is 0. The van der Waals surface area contributed by atoms with Crippen LogP contribution in [0.2, 0.25) is 0 Å². The quantitative estimate of drug-likeness (QED) is 0.820. The van der Waals surface area contributed by atoms with Crippen molar-refractivity contribution in [1.29, 1.82) is 0 Å². The zero-order valence-corrected chi connectivity index (χ0v) is 9.73. The molecule has 5 heteroatoms. The Hall–Kier alpha value is -1.17. The molecule has 0 bridgehead atoms. The molecule has 0 amide bonds. The second kappa shape index (κ2) is 5.25. The van der Waals surface area contributed by atoms with Crippen LogP contribution in [-0.4, -0.2) is 21.3 Å². The molecule has 0 aliphatic heterocycles. The summed E-state index contributed by atoms with van der Waals surface area (Å²) in [6.45, 7) is 0.800. The fourth-order valence-electron chi connectivity index (χ4n) is 1.61. The maximum Gasteiger partial charge on any atom is 0.0948 e. The van der Waals surface area contributed by atoms with E-state index < -0.39 is 0 Å². The van der Waals surface area contributed by atoms with Crippen molar-refractivity contribution in [1.82, 2.24) is 9.55 Å². The lowest BCUT2D eigenvalue weighted by Gasteiger charge is -2.11. The van der Waals surface area contributed by atoms with Crippen molar-refractivity contribution in [3.05, 3.63) is 40.6 Å². The number of aryl methyl sites for hydroxylation is 2. The van der Waals surface area contributed by atoms with Gasteiger partial charge in [0.05, 0.1) is 24.7 Å². The standard InChI is InChI=1S/C11H15N3OS/c12-10(7-15)11-6-13-8-14(11)4-3-9-2-1-5-16-9/h1-2,5-6,8,10,15H,3-4,7,12H2. The maximum absolute atomic E-state index is 9.02. The van der Waals surface area contributed by atoms with Crippen LogP contribution < -0.4 is 5.73 Å². The van der Waals surface area contributed by atoms with Crippen molar-refractivity contribution in [2.45, 2.75) is 19.0 Å². The Kier molecular flexibility index (Phi) is 3.71. The Morgan fingerprint density at radius 1 is 1.56 bits per heavy atom. The number of hydrogen-bond acceptors (Lipinski definition) is 4. The molecular weight excluding hydrogens is 222 g/mol. The summed E-state index contributed by atoms with van der Waals surface area (Å²) in [5.41, 5.74) is 6.67. The molecule has 0 saturated heterocycles. The molecule has 0 radical (unpaired) electrons. The molecule has 2 rings (SSSR count). The highest BCUT2D eigenvalue weighted by Crippen LogP contribution is 2.13. The molecule has 0 aromatic carbocycles. The van der Waals surface area contributed by atoms with Crippen molar-refractivity contribution in [3.8, 4) is 0 Å². The summed E-state index contributed by atoms with van der Waals surface area (Å²) in [6.07, 6.45) is 4.45. The normalized spacial score (nSPS) is 12.9. The molecule has 0 aliphatic carbocycles. The highest BCUT2D eigenvalue weighted by Gasteiger charge is 2.10. The molecule has 86 valence electrons. The molecule has 1 unspecified atom stereocenters. The fraction of sp³-hybridized carbons (Fsp3) is 0.364. The van der Waals surface area contributed by atoms with Crippen LogP contribution in [0.3, 0.4) is 0 Å². The van der Waals surface area contributed by atoms with Crippen LogP contribution in [0.1, 0.15) is 16.6 Å². The largest absolute Gasteiger partial charge is 0.394 e. The number of aliphatic hydroxyl groups is 1. The van der Waals surface area contributed by atoms with Gasteiger partial charge in [-0.25, -0.2) is 4.98 Å². The van der Waals surface area contributed by atoms with Crippen LogP contribution in [0.5, 0.6) is 0 Å². The summed E-state index contributed by atoms with van der Waals surface area (Å²) in [5.74, 6) is 0. The van der Waals surface area contributed by atoms with Gasteiger partial charge in [0.2, 0.25) is 0 Å².